The first kappa shape index (κ1) is 12.9. The minimum absolute atomic E-state index is 0. The van der Waals surface area contributed by atoms with Gasteiger partial charge in [0.25, 0.3) is 0 Å². The lowest BCUT2D eigenvalue weighted by Gasteiger charge is -2.30. The van der Waals surface area contributed by atoms with Crippen LogP contribution in [0.3, 0.4) is 0 Å². The number of benzene rings is 1. The number of aromatic nitrogens is 1. The monoisotopic (exact) mass is 274 g/mol. The van der Waals surface area contributed by atoms with Gasteiger partial charge in [-0.25, -0.2) is 0 Å². The van der Waals surface area contributed by atoms with Crippen LogP contribution in [0.15, 0.2) is 36.5 Å². The highest BCUT2D eigenvalue weighted by Crippen LogP contribution is 2.39. The van der Waals surface area contributed by atoms with Crippen LogP contribution in [0.1, 0.15) is 37.2 Å². The predicted molar refractivity (Wildman–Crippen MR) is 80.9 cm³/mol. The SMILES string of the molecule is Cl.c1ccc2c(C3CC4CCC(C3)N4)ccnc2c1. The van der Waals surface area contributed by atoms with E-state index in [0.717, 1.165) is 23.5 Å². The van der Waals surface area contributed by atoms with Gasteiger partial charge < -0.3 is 5.32 Å². The van der Waals surface area contributed by atoms with Crippen molar-refractivity contribution >= 4 is 23.3 Å². The number of nitrogens with one attached hydrogen (secondary N) is 1. The van der Waals surface area contributed by atoms with Gasteiger partial charge >= 0.3 is 0 Å². The van der Waals surface area contributed by atoms with Crippen molar-refractivity contribution in [2.45, 2.75) is 43.7 Å². The summed E-state index contributed by atoms with van der Waals surface area (Å²) < 4.78 is 0. The summed E-state index contributed by atoms with van der Waals surface area (Å²) in [5, 5.41) is 5.08. The van der Waals surface area contributed by atoms with E-state index in [2.05, 4.69) is 40.6 Å². The van der Waals surface area contributed by atoms with Gasteiger partial charge in [-0.05, 0) is 49.3 Å². The Hall–Kier alpha value is -1.12. The highest BCUT2D eigenvalue weighted by molar-refractivity contribution is 5.85. The zero-order valence-corrected chi connectivity index (χ0v) is 11.7. The molecule has 0 aliphatic carbocycles. The van der Waals surface area contributed by atoms with Crippen LogP contribution in [0.4, 0.5) is 0 Å². The Morgan fingerprint density at radius 2 is 1.74 bits per heavy atom. The number of rotatable bonds is 1. The summed E-state index contributed by atoms with van der Waals surface area (Å²) in [6.45, 7) is 0. The van der Waals surface area contributed by atoms with E-state index in [1.807, 2.05) is 6.20 Å². The maximum atomic E-state index is 4.47. The summed E-state index contributed by atoms with van der Waals surface area (Å²) in [5.41, 5.74) is 2.65. The Kier molecular flexibility index (Phi) is 3.46. The maximum Gasteiger partial charge on any atom is 0.0704 e. The Bertz CT molecular complexity index is 566. The van der Waals surface area contributed by atoms with Crippen molar-refractivity contribution in [2.75, 3.05) is 0 Å². The molecular weight excluding hydrogens is 256 g/mol. The molecular formula is C16H19ClN2. The van der Waals surface area contributed by atoms with Crippen LogP contribution in [-0.4, -0.2) is 17.1 Å². The van der Waals surface area contributed by atoms with Crippen molar-refractivity contribution in [1.29, 1.82) is 0 Å². The smallest absolute Gasteiger partial charge is 0.0704 e. The van der Waals surface area contributed by atoms with Gasteiger partial charge in [0.2, 0.25) is 0 Å². The molecule has 100 valence electrons. The fourth-order valence-corrected chi connectivity index (χ4v) is 3.79. The highest BCUT2D eigenvalue weighted by Gasteiger charge is 2.34. The molecule has 2 aliphatic heterocycles. The van der Waals surface area contributed by atoms with Crippen molar-refractivity contribution in [3.63, 3.8) is 0 Å². The maximum absolute atomic E-state index is 4.47. The van der Waals surface area contributed by atoms with Crippen LogP contribution >= 0.6 is 12.4 Å². The van der Waals surface area contributed by atoms with Crippen LogP contribution in [0.5, 0.6) is 0 Å². The van der Waals surface area contributed by atoms with Gasteiger partial charge in [-0.15, -0.1) is 12.4 Å². The zero-order chi connectivity index (χ0) is 11.9. The molecule has 4 rings (SSSR count). The van der Waals surface area contributed by atoms with Crippen molar-refractivity contribution in [1.82, 2.24) is 10.3 Å². The van der Waals surface area contributed by atoms with Crippen molar-refractivity contribution < 1.29 is 0 Å². The van der Waals surface area contributed by atoms with Crippen molar-refractivity contribution in [3.8, 4) is 0 Å². The Labute approximate surface area is 120 Å². The number of fused-ring (bicyclic) bond motifs is 3. The number of hydrogen-bond acceptors (Lipinski definition) is 2. The van der Waals surface area contributed by atoms with Gasteiger partial charge in [0.05, 0.1) is 5.52 Å². The lowest BCUT2D eigenvalue weighted by atomic mass is 9.85. The van der Waals surface area contributed by atoms with Gasteiger partial charge in [-0.2, -0.15) is 0 Å². The number of hydrogen-bond donors (Lipinski definition) is 1. The Morgan fingerprint density at radius 1 is 1.00 bits per heavy atom. The first-order valence-electron chi connectivity index (χ1n) is 7.00. The van der Waals surface area contributed by atoms with E-state index in [0.29, 0.717) is 0 Å². The second kappa shape index (κ2) is 5.10. The molecule has 0 radical (unpaired) electrons. The molecule has 1 N–H and O–H groups in total. The third kappa shape index (κ3) is 2.24. The average Bonchev–Trinajstić information content (AvgIpc) is 2.77. The first-order valence-corrected chi connectivity index (χ1v) is 7.00. The minimum Gasteiger partial charge on any atom is -0.311 e. The standard InChI is InChI=1S/C16H18N2.ClH/c1-2-4-16-15(3-1)14(7-8-17-16)11-9-12-5-6-13(10-11)18-12;/h1-4,7-8,11-13,18H,5-6,9-10H2;1H. The highest BCUT2D eigenvalue weighted by atomic mass is 35.5. The lowest BCUT2D eigenvalue weighted by Crippen LogP contribution is -2.37. The van der Waals surface area contributed by atoms with Gasteiger partial charge in [0, 0.05) is 23.7 Å². The molecule has 2 atom stereocenters. The lowest BCUT2D eigenvalue weighted by molar-refractivity contribution is 0.364. The molecule has 3 heterocycles. The van der Waals surface area contributed by atoms with E-state index in [1.54, 1.807) is 0 Å². The van der Waals surface area contributed by atoms with E-state index in [4.69, 9.17) is 0 Å². The summed E-state index contributed by atoms with van der Waals surface area (Å²) in [4.78, 5) is 4.47. The molecule has 2 nitrogen and oxygen atoms in total. The fraction of sp³-hybridized carbons (Fsp3) is 0.438. The number of para-hydroxylation sites is 1. The van der Waals surface area contributed by atoms with E-state index in [1.165, 1.54) is 36.6 Å². The number of halogens is 1. The quantitative estimate of drug-likeness (QED) is 0.859. The van der Waals surface area contributed by atoms with E-state index < -0.39 is 0 Å². The summed E-state index contributed by atoms with van der Waals surface area (Å²) in [6.07, 6.45) is 7.30. The third-order valence-corrected chi connectivity index (χ3v) is 4.60. The topological polar surface area (TPSA) is 24.9 Å². The van der Waals surface area contributed by atoms with Crippen LogP contribution in [0.2, 0.25) is 0 Å². The molecule has 2 aromatic rings. The van der Waals surface area contributed by atoms with Crippen LogP contribution in [0.25, 0.3) is 10.9 Å². The van der Waals surface area contributed by atoms with E-state index in [-0.39, 0.29) is 12.4 Å². The third-order valence-electron chi connectivity index (χ3n) is 4.60. The molecule has 3 heteroatoms. The van der Waals surface area contributed by atoms with Gasteiger partial charge in [-0.1, -0.05) is 18.2 Å². The average molecular weight is 275 g/mol. The summed E-state index contributed by atoms with van der Waals surface area (Å²) >= 11 is 0. The summed E-state index contributed by atoms with van der Waals surface area (Å²) in [6, 6.07) is 12.3. The Morgan fingerprint density at radius 3 is 2.53 bits per heavy atom. The first-order chi connectivity index (χ1) is 8.90. The van der Waals surface area contributed by atoms with Crippen LogP contribution in [-0.2, 0) is 0 Å². The molecule has 2 bridgehead atoms. The molecule has 0 spiro atoms. The molecule has 0 saturated carbocycles. The second-order valence-electron chi connectivity index (χ2n) is 5.72. The molecule has 0 amide bonds. The molecule has 1 aromatic heterocycles. The summed E-state index contributed by atoms with van der Waals surface area (Å²) in [7, 11) is 0. The minimum atomic E-state index is 0. The fourth-order valence-electron chi connectivity index (χ4n) is 3.79. The molecule has 2 unspecified atom stereocenters. The number of pyridine rings is 1. The molecule has 19 heavy (non-hydrogen) atoms. The van der Waals surface area contributed by atoms with Gasteiger partial charge in [0.15, 0.2) is 0 Å². The predicted octanol–water partition coefficient (Wildman–Crippen LogP) is 3.65. The van der Waals surface area contributed by atoms with Crippen molar-refractivity contribution in [2.24, 2.45) is 0 Å². The Balaban J connectivity index is 0.00000110. The molecule has 2 aliphatic rings. The summed E-state index contributed by atoms with van der Waals surface area (Å²) in [5.74, 6) is 0.719. The largest absolute Gasteiger partial charge is 0.311 e. The molecule has 2 fully saturated rings. The van der Waals surface area contributed by atoms with Crippen LogP contribution < -0.4 is 5.32 Å². The van der Waals surface area contributed by atoms with E-state index in [9.17, 15) is 0 Å². The number of piperidine rings is 1. The molecule has 2 saturated heterocycles. The molecule has 1 aromatic carbocycles. The van der Waals surface area contributed by atoms with E-state index >= 15 is 0 Å². The van der Waals surface area contributed by atoms with Gasteiger partial charge in [0.1, 0.15) is 0 Å². The zero-order valence-electron chi connectivity index (χ0n) is 10.9. The van der Waals surface area contributed by atoms with Gasteiger partial charge in [-0.3, -0.25) is 4.98 Å². The van der Waals surface area contributed by atoms with Crippen LogP contribution in [0, 0.1) is 0 Å². The second-order valence-corrected chi connectivity index (χ2v) is 5.72. The van der Waals surface area contributed by atoms with Crippen molar-refractivity contribution in [3.05, 3.63) is 42.1 Å². The number of nitrogens with zero attached hydrogens (tertiary/aromatic N) is 1. The normalized spacial score (nSPS) is 29.2.